The van der Waals surface area contributed by atoms with Crippen LogP contribution in [0.2, 0.25) is 0 Å². The Hall–Kier alpha value is -4.09. The van der Waals surface area contributed by atoms with E-state index in [1.807, 2.05) is 0 Å². The molecule has 0 radical (unpaired) electrons. The molecule has 0 saturated carbocycles. The Bertz CT molecular complexity index is 1250. The summed E-state index contributed by atoms with van der Waals surface area (Å²) in [6.07, 6.45) is 0. The highest BCUT2D eigenvalue weighted by Crippen LogP contribution is 2.21. The second kappa shape index (κ2) is 9.18. The van der Waals surface area contributed by atoms with Crippen molar-refractivity contribution < 1.29 is 23.1 Å². The molecule has 1 aromatic carbocycles. The molecule has 33 heavy (non-hydrogen) atoms. The largest absolute Gasteiger partial charge is 0.489 e. The molecule has 0 aliphatic heterocycles. The molecule has 3 aromatic rings. The van der Waals surface area contributed by atoms with Gasteiger partial charge in [-0.25, -0.2) is 9.37 Å². The van der Waals surface area contributed by atoms with Crippen molar-refractivity contribution in [1.29, 1.82) is 0 Å². The monoisotopic (exact) mass is 458 g/mol. The van der Waals surface area contributed by atoms with Gasteiger partial charge in [0.15, 0.2) is 5.69 Å². The van der Waals surface area contributed by atoms with Crippen molar-refractivity contribution in [3.63, 3.8) is 0 Å². The minimum Gasteiger partial charge on any atom is -0.489 e. The van der Waals surface area contributed by atoms with E-state index in [1.165, 1.54) is 43.0 Å². The number of hydrogen-bond donors (Lipinski definition) is 2. The molecule has 2 heterocycles. The van der Waals surface area contributed by atoms with Gasteiger partial charge < -0.3 is 19.8 Å². The zero-order valence-electron chi connectivity index (χ0n) is 18.7. The molecule has 2 N–H and O–H groups in total. The van der Waals surface area contributed by atoms with Gasteiger partial charge in [0.25, 0.3) is 11.5 Å². The third kappa shape index (κ3) is 5.05. The predicted octanol–water partition coefficient (Wildman–Crippen LogP) is 1.21. The van der Waals surface area contributed by atoms with Crippen molar-refractivity contribution >= 4 is 11.8 Å². The van der Waals surface area contributed by atoms with Crippen LogP contribution in [-0.2, 0) is 19.1 Å². The van der Waals surface area contributed by atoms with Crippen molar-refractivity contribution in [1.82, 2.24) is 30.4 Å². The number of nitrogens with zero attached hydrogens (tertiary/aromatic N) is 4. The van der Waals surface area contributed by atoms with E-state index in [0.29, 0.717) is 5.56 Å². The van der Waals surface area contributed by atoms with Gasteiger partial charge in [0, 0.05) is 20.5 Å². The normalized spacial score (nSPS) is 11.2. The van der Waals surface area contributed by atoms with Crippen LogP contribution in [0.1, 0.15) is 52.3 Å². The molecule has 0 atom stereocenters. The van der Waals surface area contributed by atoms with Gasteiger partial charge in [-0.3, -0.25) is 19.0 Å². The Morgan fingerprint density at radius 1 is 1.18 bits per heavy atom. The third-order valence-corrected chi connectivity index (χ3v) is 4.74. The van der Waals surface area contributed by atoms with E-state index in [1.54, 1.807) is 20.8 Å². The van der Waals surface area contributed by atoms with Crippen LogP contribution < -0.4 is 20.9 Å². The zero-order chi connectivity index (χ0) is 24.3. The molecule has 0 spiro atoms. The lowest BCUT2D eigenvalue weighted by Crippen LogP contribution is -2.46. The van der Waals surface area contributed by atoms with Gasteiger partial charge >= 0.3 is 11.8 Å². The van der Waals surface area contributed by atoms with Crippen LogP contribution in [0, 0.1) is 12.7 Å². The number of carbonyl (C=O) groups is 2. The maximum absolute atomic E-state index is 13.1. The fraction of sp³-hybridized carbons (Fsp3) is 0.333. The molecule has 0 saturated heterocycles. The molecule has 12 heteroatoms. The number of aryl methyl sites for hydroxylation is 1. The van der Waals surface area contributed by atoms with Crippen molar-refractivity contribution in [3.05, 3.63) is 69.3 Å². The summed E-state index contributed by atoms with van der Waals surface area (Å²) in [5.41, 5.74) is -1.44. The molecule has 174 valence electrons. The van der Waals surface area contributed by atoms with E-state index >= 15 is 0 Å². The molecule has 0 aliphatic rings. The van der Waals surface area contributed by atoms with Gasteiger partial charge in [0.2, 0.25) is 11.6 Å². The SMILES string of the molecule is COc1c(C(=O)NCc2ccc(F)cc2)nc(C(C)(C)NC(=O)c2nnc(C)o2)n(C)c1=O. The molecular formula is C21H23FN6O5. The van der Waals surface area contributed by atoms with Crippen LogP contribution in [-0.4, -0.2) is 38.7 Å². The summed E-state index contributed by atoms with van der Waals surface area (Å²) in [6, 6.07) is 5.58. The number of halogens is 1. The predicted molar refractivity (Wildman–Crippen MR) is 113 cm³/mol. The lowest BCUT2D eigenvalue weighted by Gasteiger charge is -2.27. The molecule has 0 fully saturated rings. The van der Waals surface area contributed by atoms with Gasteiger partial charge in [0.05, 0.1) is 12.6 Å². The van der Waals surface area contributed by atoms with E-state index in [0.717, 1.165) is 0 Å². The Labute approximate surface area is 188 Å². The number of hydrogen-bond acceptors (Lipinski definition) is 8. The van der Waals surface area contributed by atoms with Crippen LogP contribution in [0.25, 0.3) is 0 Å². The molecular weight excluding hydrogens is 435 g/mol. The number of carbonyl (C=O) groups excluding carboxylic acids is 2. The van der Waals surface area contributed by atoms with Gasteiger partial charge in [-0.05, 0) is 31.5 Å². The van der Waals surface area contributed by atoms with Crippen molar-refractivity contribution in [2.75, 3.05) is 7.11 Å². The first-order valence-electron chi connectivity index (χ1n) is 9.84. The number of rotatable bonds is 7. The lowest BCUT2D eigenvalue weighted by molar-refractivity contribution is 0.0869. The summed E-state index contributed by atoms with van der Waals surface area (Å²) < 4.78 is 24.5. The summed E-state index contributed by atoms with van der Waals surface area (Å²) in [5, 5.41) is 12.6. The molecule has 11 nitrogen and oxygen atoms in total. The number of amides is 2. The molecule has 0 bridgehead atoms. The first kappa shape index (κ1) is 23.6. The highest BCUT2D eigenvalue weighted by molar-refractivity contribution is 5.95. The van der Waals surface area contributed by atoms with Crippen molar-refractivity contribution in [3.8, 4) is 5.75 Å². The fourth-order valence-corrected chi connectivity index (χ4v) is 3.13. The topological polar surface area (TPSA) is 141 Å². The van der Waals surface area contributed by atoms with Gasteiger partial charge in [-0.2, -0.15) is 0 Å². The van der Waals surface area contributed by atoms with Crippen LogP contribution >= 0.6 is 0 Å². The summed E-state index contributed by atoms with van der Waals surface area (Å²) in [7, 11) is 2.69. The van der Waals surface area contributed by atoms with E-state index in [4.69, 9.17) is 9.15 Å². The van der Waals surface area contributed by atoms with Crippen molar-refractivity contribution in [2.45, 2.75) is 32.9 Å². The maximum atomic E-state index is 13.1. The standard InChI is InChI=1S/C21H23FN6O5/c1-11-26-27-18(33-11)17(30)25-21(2,3)20-24-14(15(32-5)19(31)28(20)4)16(29)23-10-12-6-8-13(22)9-7-12/h6-9H,10H2,1-5H3,(H,23,29)(H,25,30). The number of aromatic nitrogens is 4. The van der Waals surface area contributed by atoms with Crippen molar-refractivity contribution in [2.24, 2.45) is 7.05 Å². The van der Waals surface area contributed by atoms with E-state index < -0.39 is 28.7 Å². The van der Waals surface area contributed by atoms with E-state index in [-0.39, 0.29) is 35.6 Å². The number of nitrogens with one attached hydrogen (secondary N) is 2. The van der Waals surface area contributed by atoms with Gasteiger partial charge in [-0.15, -0.1) is 10.2 Å². The van der Waals surface area contributed by atoms with E-state index in [9.17, 15) is 18.8 Å². The number of ether oxygens (including phenoxy) is 1. The molecule has 0 aliphatic carbocycles. The van der Waals surface area contributed by atoms with Gasteiger partial charge in [-0.1, -0.05) is 12.1 Å². The Kier molecular flexibility index (Phi) is 6.56. The number of methoxy groups -OCH3 is 1. The zero-order valence-corrected chi connectivity index (χ0v) is 18.7. The Balaban J connectivity index is 1.92. The third-order valence-electron chi connectivity index (χ3n) is 4.74. The first-order chi connectivity index (χ1) is 15.5. The van der Waals surface area contributed by atoms with Gasteiger partial charge in [0.1, 0.15) is 11.6 Å². The highest BCUT2D eigenvalue weighted by atomic mass is 19.1. The quantitative estimate of drug-likeness (QED) is 0.538. The van der Waals surface area contributed by atoms with Crippen LogP contribution in [0.15, 0.2) is 33.5 Å². The summed E-state index contributed by atoms with van der Waals surface area (Å²) in [6.45, 7) is 4.82. The first-order valence-corrected chi connectivity index (χ1v) is 9.84. The number of benzene rings is 1. The lowest BCUT2D eigenvalue weighted by atomic mass is 10.0. The van der Waals surface area contributed by atoms with Crippen LogP contribution in [0.4, 0.5) is 4.39 Å². The smallest absolute Gasteiger partial charge is 0.309 e. The minimum atomic E-state index is -1.22. The average molecular weight is 458 g/mol. The maximum Gasteiger partial charge on any atom is 0.309 e. The second-order valence-electron chi connectivity index (χ2n) is 7.70. The average Bonchev–Trinajstić information content (AvgIpc) is 3.21. The summed E-state index contributed by atoms with van der Waals surface area (Å²) in [5.74, 6) is -1.95. The van der Waals surface area contributed by atoms with E-state index in [2.05, 4.69) is 25.8 Å². The summed E-state index contributed by atoms with van der Waals surface area (Å²) >= 11 is 0. The Morgan fingerprint density at radius 3 is 2.42 bits per heavy atom. The molecule has 2 aromatic heterocycles. The summed E-state index contributed by atoms with van der Waals surface area (Å²) in [4.78, 5) is 42.6. The minimum absolute atomic E-state index is 0.0745. The fourth-order valence-electron chi connectivity index (χ4n) is 3.13. The van der Waals surface area contributed by atoms with Crippen LogP contribution in [0.5, 0.6) is 5.75 Å². The molecule has 3 rings (SSSR count). The second-order valence-corrected chi connectivity index (χ2v) is 7.70. The molecule has 2 amide bonds. The Morgan fingerprint density at radius 2 is 1.85 bits per heavy atom. The molecule has 0 unspecified atom stereocenters. The van der Waals surface area contributed by atoms with Crippen LogP contribution in [0.3, 0.4) is 0 Å². The highest BCUT2D eigenvalue weighted by Gasteiger charge is 2.33.